The molecule has 0 radical (unpaired) electrons. The molecule has 2 unspecified atom stereocenters. The number of aromatic nitrogens is 1. The van der Waals surface area contributed by atoms with Crippen molar-refractivity contribution in [3.8, 4) is 5.75 Å². The first kappa shape index (κ1) is 21.5. The maximum Gasteiger partial charge on any atom is 0.408 e. The van der Waals surface area contributed by atoms with Gasteiger partial charge in [-0.1, -0.05) is 36.2 Å². The maximum absolute atomic E-state index is 13.1. The number of benzene rings is 1. The largest absolute Gasteiger partial charge is 0.488 e. The first-order valence-corrected chi connectivity index (χ1v) is 9.44. The summed E-state index contributed by atoms with van der Waals surface area (Å²) < 4.78 is 60.2. The summed E-state index contributed by atoms with van der Waals surface area (Å²) >= 11 is 0.930. The number of halogens is 4. The lowest BCUT2D eigenvalue weighted by atomic mass is 10.1. The van der Waals surface area contributed by atoms with Gasteiger partial charge in [-0.25, -0.2) is 9.11 Å². The highest BCUT2D eigenvalue weighted by Gasteiger charge is 2.40. The summed E-state index contributed by atoms with van der Waals surface area (Å²) in [5, 5.41) is 3.16. The predicted molar refractivity (Wildman–Crippen MR) is 97.9 cm³/mol. The molecule has 0 aliphatic heterocycles. The van der Waals surface area contributed by atoms with Crippen LogP contribution in [0.4, 0.5) is 17.6 Å². The Morgan fingerprint density at radius 3 is 2.48 bits per heavy atom. The smallest absolute Gasteiger partial charge is 0.408 e. The number of pyridine rings is 1. The van der Waals surface area contributed by atoms with E-state index in [1.807, 2.05) is 6.92 Å². The molecule has 1 aromatic heterocycles. The Kier molecular flexibility index (Phi) is 7.88. The van der Waals surface area contributed by atoms with Crippen molar-refractivity contribution in [3.63, 3.8) is 0 Å². The third-order valence-electron chi connectivity index (χ3n) is 3.65. The van der Waals surface area contributed by atoms with E-state index < -0.39 is 18.0 Å². The van der Waals surface area contributed by atoms with Crippen LogP contribution in [0, 0.1) is 5.82 Å². The summed E-state index contributed by atoms with van der Waals surface area (Å²) in [5.41, 5.74) is 1.01. The highest BCUT2D eigenvalue weighted by Crippen LogP contribution is 2.33. The van der Waals surface area contributed by atoms with Crippen molar-refractivity contribution in [3.05, 3.63) is 59.7 Å². The Bertz CT molecular complexity index is 712. The van der Waals surface area contributed by atoms with Crippen molar-refractivity contribution < 1.29 is 22.3 Å². The maximum atomic E-state index is 13.1. The zero-order chi connectivity index (χ0) is 19.9. The van der Waals surface area contributed by atoms with E-state index in [9.17, 15) is 17.6 Å². The fourth-order valence-electron chi connectivity index (χ4n) is 2.42. The Labute approximate surface area is 159 Å². The Morgan fingerprint density at radius 2 is 1.89 bits per heavy atom. The molecule has 148 valence electrons. The van der Waals surface area contributed by atoms with Gasteiger partial charge >= 0.3 is 6.18 Å². The first-order valence-electron chi connectivity index (χ1n) is 8.21. The van der Waals surface area contributed by atoms with Gasteiger partial charge in [0, 0.05) is 19.2 Å². The minimum atomic E-state index is -4.36. The number of nitrogens with zero attached hydrogens (tertiary/aromatic N) is 1. The number of ether oxygens (including phenoxy) is 1. The van der Waals surface area contributed by atoms with Crippen molar-refractivity contribution in [1.29, 1.82) is 0 Å². The van der Waals surface area contributed by atoms with Gasteiger partial charge < -0.3 is 10.1 Å². The molecule has 2 N–H and O–H groups in total. The summed E-state index contributed by atoms with van der Waals surface area (Å²) in [6.45, 7) is 2.78. The van der Waals surface area contributed by atoms with Crippen molar-refractivity contribution in [1.82, 2.24) is 15.0 Å². The highest BCUT2D eigenvalue weighted by molar-refractivity contribution is 7.96. The monoisotopic (exact) mass is 403 g/mol. The topological polar surface area (TPSA) is 46.2 Å². The van der Waals surface area contributed by atoms with E-state index in [1.54, 1.807) is 18.4 Å². The molecule has 0 aliphatic carbocycles. The fraction of sp³-hybridized carbons (Fsp3) is 0.389. The summed E-state index contributed by atoms with van der Waals surface area (Å²) in [6.07, 6.45) is -0.509. The molecule has 2 aromatic rings. The van der Waals surface area contributed by atoms with E-state index in [2.05, 4.69) is 15.0 Å². The van der Waals surface area contributed by atoms with Crippen molar-refractivity contribution in [2.24, 2.45) is 0 Å². The van der Waals surface area contributed by atoms with Gasteiger partial charge in [0.1, 0.15) is 23.7 Å². The number of hydrogen-bond donors (Lipinski definition) is 2. The molecular weight excluding hydrogens is 382 g/mol. The molecule has 2 atom stereocenters. The van der Waals surface area contributed by atoms with Crippen molar-refractivity contribution in [2.45, 2.75) is 31.8 Å². The summed E-state index contributed by atoms with van der Waals surface area (Å²) in [4.78, 5) is 3.71. The normalized spacial score (nSPS) is 14.0. The minimum absolute atomic E-state index is 0.163. The van der Waals surface area contributed by atoms with Crippen LogP contribution in [-0.2, 0) is 6.54 Å². The average molecular weight is 403 g/mol. The second-order valence-electron chi connectivity index (χ2n) is 5.94. The molecule has 9 heteroatoms. The number of nitrogens with one attached hydrogen (secondary N) is 2. The minimum Gasteiger partial charge on any atom is -0.488 e. The molecule has 0 spiro atoms. The van der Waals surface area contributed by atoms with Gasteiger partial charge in [-0.2, -0.15) is 13.2 Å². The van der Waals surface area contributed by atoms with Crippen LogP contribution in [0.2, 0.25) is 0 Å². The Morgan fingerprint density at radius 1 is 1.19 bits per heavy atom. The van der Waals surface area contributed by atoms with Gasteiger partial charge in [0.25, 0.3) is 0 Å². The molecule has 0 bridgehead atoms. The van der Waals surface area contributed by atoms with Crippen LogP contribution in [0.5, 0.6) is 5.75 Å². The lowest BCUT2D eigenvalue weighted by molar-refractivity contribution is -0.152. The second kappa shape index (κ2) is 9.91. The van der Waals surface area contributed by atoms with E-state index in [0.717, 1.165) is 23.7 Å². The van der Waals surface area contributed by atoms with E-state index >= 15 is 0 Å². The van der Waals surface area contributed by atoms with Gasteiger partial charge in [0.05, 0.1) is 12.4 Å². The van der Waals surface area contributed by atoms with Crippen molar-refractivity contribution in [2.75, 3.05) is 12.8 Å². The van der Waals surface area contributed by atoms with Crippen LogP contribution in [0.3, 0.4) is 0 Å². The fourth-order valence-corrected chi connectivity index (χ4v) is 2.93. The Balaban J connectivity index is 1.84. The second-order valence-corrected chi connectivity index (χ2v) is 6.58. The predicted octanol–water partition coefficient (Wildman–Crippen LogP) is 4.25. The number of hydrogen-bond acceptors (Lipinski definition) is 5. The molecule has 2 rings (SSSR count). The van der Waals surface area contributed by atoms with Crippen LogP contribution in [0.25, 0.3) is 0 Å². The zero-order valence-corrected chi connectivity index (χ0v) is 15.7. The van der Waals surface area contributed by atoms with Crippen LogP contribution < -0.4 is 14.8 Å². The third-order valence-corrected chi connectivity index (χ3v) is 4.13. The number of rotatable bonds is 9. The van der Waals surface area contributed by atoms with Crippen LogP contribution in [0.15, 0.2) is 42.7 Å². The zero-order valence-electron chi connectivity index (χ0n) is 14.9. The van der Waals surface area contributed by atoms with Crippen LogP contribution in [-0.4, -0.2) is 30.1 Å². The van der Waals surface area contributed by atoms with Gasteiger partial charge in [0.2, 0.25) is 0 Å². The lowest BCUT2D eigenvalue weighted by Crippen LogP contribution is -2.30. The summed E-state index contributed by atoms with van der Waals surface area (Å²) in [6, 6.07) is 5.80. The standard InChI is InChI=1S/C18H21F4N3OS/c1-12(26-16-7-15(19)10-24-11-16)8-23-9-13-3-5-14(6-4-13)17(25-27-2)18(20,21)22/h3-7,10-12,17,23,25H,8-9H2,1-2H3. The quantitative estimate of drug-likeness (QED) is 0.484. The molecule has 0 saturated heterocycles. The van der Waals surface area contributed by atoms with Crippen LogP contribution in [0.1, 0.15) is 24.1 Å². The van der Waals surface area contributed by atoms with Gasteiger partial charge in [-0.3, -0.25) is 4.98 Å². The Hall–Kier alpha value is -1.84. The molecule has 0 amide bonds. The SMILES string of the molecule is CSNC(c1ccc(CNCC(C)Oc2cncc(F)c2)cc1)C(F)(F)F. The molecule has 4 nitrogen and oxygen atoms in total. The number of alkyl halides is 3. The van der Waals surface area contributed by atoms with Gasteiger partial charge in [-0.15, -0.1) is 0 Å². The molecule has 0 fully saturated rings. The molecule has 0 saturated carbocycles. The molecular formula is C18H21F4N3OS. The van der Waals surface area contributed by atoms with E-state index in [1.165, 1.54) is 24.4 Å². The average Bonchev–Trinajstić information content (AvgIpc) is 2.59. The third kappa shape index (κ3) is 7.00. The van der Waals surface area contributed by atoms with Gasteiger partial charge in [-0.05, 0) is 24.3 Å². The van der Waals surface area contributed by atoms with Gasteiger partial charge in [0.15, 0.2) is 0 Å². The van der Waals surface area contributed by atoms with E-state index in [-0.39, 0.29) is 11.7 Å². The molecule has 1 aromatic carbocycles. The molecule has 0 aliphatic rings. The summed E-state index contributed by atoms with van der Waals surface area (Å²) in [5.74, 6) is -0.131. The molecule has 1 heterocycles. The van der Waals surface area contributed by atoms with E-state index in [4.69, 9.17) is 4.74 Å². The summed E-state index contributed by atoms with van der Waals surface area (Å²) in [7, 11) is 0. The van der Waals surface area contributed by atoms with E-state index in [0.29, 0.717) is 18.8 Å². The highest BCUT2D eigenvalue weighted by atomic mass is 32.2. The molecule has 27 heavy (non-hydrogen) atoms. The lowest BCUT2D eigenvalue weighted by Gasteiger charge is -2.21. The van der Waals surface area contributed by atoms with Crippen molar-refractivity contribution >= 4 is 11.9 Å². The first-order chi connectivity index (χ1) is 12.8. The van der Waals surface area contributed by atoms with Crippen LogP contribution >= 0.6 is 11.9 Å².